The Morgan fingerprint density at radius 1 is 1.43 bits per heavy atom. The third-order valence-electron chi connectivity index (χ3n) is 3.65. The largest absolute Gasteiger partial charge is 0.397 e. The molecule has 0 bridgehead atoms. The normalized spacial score (nSPS) is 18.0. The first kappa shape index (κ1) is 13.7. The molecular weight excluding hydrogens is 290 g/mol. The van der Waals surface area contributed by atoms with Gasteiger partial charge in [-0.05, 0) is 19.4 Å². The summed E-state index contributed by atoms with van der Waals surface area (Å²) in [5, 5.41) is 14.4. The first-order valence-electron chi connectivity index (χ1n) is 6.56. The Morgan fingerprint density at radius 2 is 2.19 bits per heavy atom. The van der Waals surface area contributed by atoms with Crippen molar-refractivity contribution in [2.24, 2.45) is 0 Å². The number of rotatable bonds is 2. The fraction of sp³-hybridized carbons (Fsp3) is 0.385. The van der Waals surface area contributed by atoms with E-state index in [1.807, 2.05) is 13.8 Å². The van der Waals surface area contributed by atoms with Crippen molar-refractivity contribution in [2.45, 2.75) is 26.3 Å². The van der Waals surface area contributed by atoms with Crippen LogP contribution in [0.3, 0.4) is 0 Å². The molecule has 110 valence electrons. The van der Waals surface area contributed by atoms with Gasteiger partial charge in [0.1, 0.15) is 9.71 Å². The molecule has 0 aromatic carbocycles. The van der Waals surface area contributed by atoms with Crippen LogP contribution < -0.4 is 16.4 Å². The predicted octanol–water partition coefficient (Wildman–Crippen LogP) is 0.509. The fourth-order valence-electron chi connectivity index (χ4n) is 2.37. The Labute approximate surface area is 124 Å². The van der Waals surface area contributed by atoms with E-state index in [9.17, 15) is 9.59 Å². The van der Waals surface area contributed by atoms with Crippen molar-refractivity contribution in [3.63, 3.8) is 0 Å². The number of amides is 2. The third-order valence-corrected chi connectivity index (χ3v) is 4.74. The molecule has 1 aliphatic rings. The van der Waals surface area contributed by atoms with Crippen LogP contribution in [0.25, 0.3) is 10.2 Å². The monoisotopic (exact) mass is 305 g/mol. The Kier molecular flexibility index (Phi) is 3.25. The smallest absolute Gasteiger partial charge is 0.263 e. The van der Waals surface area contributed by atoms with Gasteiger partial charge in [-0.2, -0.15) is 5.10 Å². The number of nitrogen functional groups attached to an aromatic ring is 1. The van der Waals surface area contributed by atoms with Gasteiger partial charge in [0.25, 0.3) is 5.91 Å². The number of hydrogen-bond acceptors (Lipinski definition) is 6. The lowest BCUT2D eigenvalue weighted by Crippen LogP contribution is -2.36. The Balaban J connectivity index is 1.93. The first-order chi connectivity index (χ1) is 9.97. The van der Waals surface area contributed by atoms with Gasteiger partial charge >= 0.3 is 0 Å². The SMILES string of the molecule is Cc1nnc2sc(C(=O)NC3CNC(=O)C3)c(N)c2c1C. The number of hydrogen-bond donors (Lipinski definition) is 3. The van der Waals surface area contributed by atoms with Crippen molar-refractivity contribution >= 4 is 39.1 Å². The van der Waals surface area contributed by atoms with Gasteiger partial charge in [0, 0.05) is 18.4 Å². The average Bonchev–Trinajstić information content (AvgIpc) is 2.98. The molecule has 8 heteroatoms. The van der Waals surface area contributed by atoms with Gasteiger partial charge in [0.05, 0.1) is 17.4 Å². The highest BCUT2D eigenvalue weighted by Crippen LogP contribution is 2.34. The highest BCUT2D eigenvalue weighted by molar-refractivity contribution is 7.21. The van der Waals surface area contributed by atoms with Crippen LogP contribution in [0.15, 0.2) is 0 Å². The third kappa shape index (κ3) is 2.31. The number of carbonyl (C=O) groups excluding carboxylic acids is 2. The zero-order valence-electron chi connectivity index (χ0n) is 11.7. The minimum Gasteiger partial charge on any atom is -0.397 e. The molecule has 2 aromatic rings. The topological polar surface area (TPSA) is 110 Å². The Morgan fingerprint density at radius 3 is 2.86 bits per heavy atom. The van der Waals surface area contributed by atoms with Gasteiger partial charge in [-0.3, -0.25) is 9.59 Å². The number of anilines is 1. The highest BCUT2D eigenvalue weighted by atomic mass is 32.1. The predicted molar refractivity (Wildman–Crippen MR) is 80.2 cm³/mol. The molecule has 1 fully saturated rings. The highest BCUT2D eigenvalue weighted by Gasteiger charge is 2.26. The van der Waals surface area contributed by atoms with Crippen LogP contribution in [0.5, 0.6) is 0 Å². The van der Waals surface area contributed by atoms with E-state index in [-0.39, 0.29) is 17.9 Å². The summed E-state index contributed by atoms with van der Waals surface area (Å²) in [5.74, 6) is -0.323. The van der Waals surface area contributed by atoms with E-state index < -0.39 is 0 Å². The van der Waals surface area contributed by atoms with Crippen LogP contribution in [0.1, 0.15) is 27.3 Å². The van der Waals surface area contributed by atoms with E-state index in [1.54, 1.807) is 0 Å². The van der Waals surface area contributed by atoms with Gasteiger partial charge in [0.15, 0.2) is 0 Å². The maximum Gasteiger partial charge on any atom is 0.263 e. The van der Waals surface area contributed by atoms with E-state index >= 15 is 0 Å². The van der Waals surface area contributed by atoms with Crippen molar-refractivity contribution < 1.29 is 9.59 Å². The molecule has 0 saturated carbocycles. The summed E-state index contributed by atoms with van der Waals surface area (Å²) >= 11 is 1.22. The minimum atomic E-state index is -0.269. The van der Waals surface area contributed by atoms with Crippen LogP contribution in [0, 0.1) is 13.8 Å². The standard InChI is InChI=1S/C13H15N5O2S/c1-5-6(2)17-18-13-9(5)10(14)11(21-13)12(20)16-7-3-8(19)15-4-7/h7H,3-4,14H2,1-2H3,(H,15,19)(H,16,20). The number of aromatic nitrogens is 2. The summed E-state index contributed by atoms with van der Waals surface area (Å²) in [6.45, 7) is 4.22. The zero-order chi connectivity index (χ0) is 15.1. The molecule has 7 nitrogen and oxygen atoms in total. The molecule has 1 aliphatic heterocycles. The van der Waals surface area contributed by atoms with Gasteiger partial charge in [-0.15, -0.1) is 16.4 Å². The van der Waals surface area contributed by atoms with Crippen LogP contribution in [0.4, 0.5) is 5.69 Å². The van der Waals surface area contributed by atoms with Gasteiger partial charge < -0.3 is 16.4 Å². The quantitative estimate of drug-likeness (QED) is 0.749. The van der Waals surface area contributed by atoms with Gasteiger partial charge in [-0.25, -0.2) is 0 Å². The molecule has 1 saturated heterocycles. The average molecular weight is 305 g/mol. The summed E-state index contributed by atoms with van der Waals surface area (Å²) < 4.78 is 0. The van der Waals surface area contributed by atoms with Crippen LogP contribution in [0.2, 0.25) is 0 Å². The van der Waals surface area contributed by atoms with Crippen LogP contribution in [-0.2, 0) is 4.79 Å². The first-order valence-corrected chi connectivity index (χ1v) is 7.38. The van der Waals surface area contributed by atoms with Gasteiger partial charge in [-0.1, -0.05) is 0 Å². The maximum atomic E-state index is 12.3. The van der Waals surface area contributed by atoms with E-state index in [4.69, 9.17) is 5.73 Å². The van der Waals surface area contributed by atoms with Crippen LogP contribution in [-0.4, -0.2) is 34.6 Å². The number of aryl methyl sites for hydroxylation is 2. The molecule has 2 amide bonds. The number of nitrogens with two attached hydrogens (primary N) is 1. The molecule has 0 radical (unpaired) electrons. The molecule has 3 heterocycles. The second-order valence-electron chi connectivity index (χ2n) is 5.11. The number of thiophene rings is 1. The van der Waals surface area contributed by atoms with Crippen LogP contribution >= 0.6 is 11.3 Å². The molecule has 21 heavy (non-hydrogen) atoms. The minimum absolute atomic E-state index is 0.0538. The molecule has 0 spiro atoms. The van der Waals surface area contributed by atoms with Crippen molar-refractivity contribution in [2.75, 3.05) is 12.3 Å². The summed E-state index contributed by atoms with van der Waals surface area (Å²) in [5.41, 5.74) is 8.27. The Bertz CT molecular complexity index is 755. The van der Waals surface area contributed by atoms with Crippen molar-refractivity contribution in [1.82, 2.24) is 20.8 Å². The molecule has 2 aromatic heterocycles. The second-order valence-corrected chi connectivity index (χ2v) is 6.11. The molecular formula is C13H15N5O2S. The lowest BCUT2D eigenvalue weighted by Gasteiger charge is -2.09. The maximum absolute atomic E-state index is 12.3. The van der Waals surface area contributed by atoms with E-state index in [0.29, 0.717) is 28.4 Å². The lowest BCUT2D eigenvalue weighted by molar-refractivity contribution is -0.119. The Hall–Kier alpha value is -2.22. The molecule has 0 aliphatic carbocycles. The van der Waals surface area contributed by atoms with Gasteiger partial charge in [0.2, 0.25) is 5.91 Å². The lowest BCUT2D eigenvalue weighted by atomic mass is 10.1. The molecule has 4 N–H and O–H groups in total. The summed E-state index contributed by atoms with van der Waals surface area (Å²) in [6, 6.07) is -0.191. The number of carbonyl (C=O) groups is 2. The fourth-order valence-corrected chi connectivity index (χ4v) is 3.37. The summed E-state index contributed by atoms with van der Waals surface area (Å²) in [4.78, 5) is 24.6. The summed E-state index contributed by atoms with van der Waals surface area (Å²) in [6.07, 6.45) is 0.300. The number of nitrogens with one attached hydrogen (secondary N) is 2. The van der Waals surface area contributed by atoms with Crippen molar-refractivity contribution in [3.05, 3.63) is 16.1 Å². The number of fused-ring (bicyclic) bond motifs is 1. The van der Waals surface area contributed by atoms with E-state index in [0.717, 1.165) is 16.6 Å². The van der Waals surface area contributed by atoms with Crippen molar-refractivity contribution in [1.29, 1.82) is 0 Å². The summed E-state index contributed by atoms with van der Waals surface area (Å²) in [7, 11) is 0. The van der Waals surface area contributed by atoms with Crippen molar-refractivity contribution in [3.8, 4) is 0 Å². The van der Waals surface area contributed by atoms with E-state index in [1.165, 1.54) is 11.3 Å². The molecule has 1 unspecified atom stereocenters. The molecule has 3 rings (SSSR count). The second kappa shape index (κ2) is 4.96. The zero-order valence-corrected chi connectivity index (χ0v) is 12.5. The van der Waals surface area contributed by atoms with E-state index in [2.05, 4.69) is 20.8 Å². The number of nitrogens with zero attached hydrogens (tertiary/aromatic N) is 2. The molecule has 1 atom stereocenters.